The van der Waals surface area contributed by atoms with E-state index < -0.39 is 6.04 Å². The van der Waals surface area contributed by atoms with Gasteiger partial charge in [-0.25, -0.2) is 4.79 Å². The first-order valence-electron chi connectivity index (χ1n) is 6.83. The molecule has 0 aromatic carbocycles. The number of piperazine rings is 1. The molecule has 3 amide bonds. The molecule has 0 saturated carbocycles. The Hall–Kier alpha value is -2.11. The first-order valence-corrected chi connectivity index (χ1v) is 6.83. The summed E-state index contributed by atoms with van der Waals surface area (Å²) < 4.78 is 0. The maximum atomic E-state index is 12.3. The van der Waals surface area contributed by atoms with Crippen molar-refractivity contribution in [1.82, 2.24) is 15.2 Å². The number of rotatable bonds is 3. The van der Waals surface area contributed by atoms with Crippen LogP contribution in [0.1, 0.15) is 20.3 Å². The highest BCUT2D eigenvalue weighted by Crippen LogP contribution is 2.16. The number of anilines is 1. The highest BCUT2D eigenvalue weighted by Gasteiger charge is 2.33. The fraction of sp³-hybridized carbons (Fsp3) is 0.500. The van der Waals surface area contributed by atoms with Gasteiger partial charge in [-0.15, -0.1) is 0 Å². The number of hydrogen-bond donors (Lipinski definition) is 2. The molecule has 2 rings (SSSR count). The molecule has 0 aliphatic carbocycles. The summed E-state index contributed by atoms with van der Waals surface area (Å²) in [6.45, 7) is 5.11. The summed E-state index contributed by atoms with van der Waals surface area (Å²) in [5.41, 5.74) is 0.680. The van der Waals surface area contributed by atoms with Crippen LogP contribution in [0.4, 0.5) is 10.5 Å². The SMILES string of the molecule is CC(C)C[C@@H]1C(=O)NCCN1C(=O)Nc1ccncc1. The lowest BCUT2D eigenvalue weighted by Gasteiger charge is -2.35. The molecule has 1 saturated heterocycles. The van der Waals surface area contributed by atoms with Crippen molar-refractivity contribution >= 4 is 17.6 Å². The van der Waals surface area contributed by atoms with Crippen molar-refractivity contribution in [2.75, 3.05) is 18.4 Å². The Morgan fingerprint density at radius 3 is 2.85 bits per heavy atom. The average Bonchev–Trinajstić information content (AvgIpc) is 2.41. The van der Waals surface area contributed by atoms with Crippen LogP contribution >= 0.6 is 0 Å². The number of carbonyl (C=O) groups excluding carboxylic acids is 2. The molecule has 6 nitrogen and oxygen atoms in total. The summed E-state index contributed by atoms with van der Waals surface area (Å²) in [4.78, 5) is 29.8. The quantitative estimate of drug-likeness (QED) is 0.877. The standard InChI is InChI=1S/C14H20N4O2/c1-10(2)9-12-13(19)16-7-8-18(12)14(20)17-11-3-5-15-6-4-11/h3-6,10,12H,7-9H2,1-2H3,(H,16,19)(H,15,17,20)/t12-/m1/s1. The van der Waals surface area contributed by atoms with E-state index in [1.165, 1.54) is 0 Å². The van der Waals surface area contributed by atoms with Crippen LogP contribution in [0.3, 0.4) is 0 Å². The topological polar surface area (TPSA) is 74.3 Å². The van der Waals surface area contributed by atoms with Crippen molar-refractivity contribution < 1.29 is 9.59 Å². The third-order valence-electron chi connectivity index (χ3n) is 3.22. The van der Waals surface area contributed by atoms with Crippen molar-refractivity contribution in [1.29, 1.82) is 0 Å². The highest BCUT2D eigenvalue weighted by molar-refractivity contribution is 5.94. The minimum atomic E-state index is -0.398. The van der Waals surface area contributed by atoms with Crippen molar-refractivity contribution in [3.8, 4) is 0 Å². The van der Waals surface area contributed by atoms with Gasteiger partial charge in [0.2, 0.25) is 5.91 Å². The van der Waals surface area contributed by atoms with E-state index in [2.05, 4.69) is 15.6 Å². The highest BCUT2D eigenvalue weighted by atomic mass is 16.2. The number of urea groups is 1. The van der Waals surface area contributed by atoms with Crippen molar-refractivity contribution in [2.45, 2.75) is 26.3 Å². The number of aromatic nitrogens is 1. The first-order chi connectivity index (χ1) is 9.58. The third-order valence-corrected chi connectivity index (χ3v) is 3.22. The second-order valence-corrected chi connectivity index (χ2v) is 5.30. The van der Waals surface area contributed by atoms with E-state index in [9.17, 15) is 9.59 Å². The minimum Gasteiger partial charge on any atom is -0.353 e. The summed E-state index contributed by atoms with van der Waals surface area (Å²) in [5, 5.41) is 5.62. The molecule has 20 heavy (non-hydrogen) atoms. The van der Waals surface area contributed by atoms with E-state index in [0.29, 0.717) is 31.1 Å². The average molecular weight is 276 g/mol. The van der Waals surface area contributed by atoms with Gasteiger partial charge in [0.25, 0.3) is 0 Å². The fourth-order valence-electron chi connectivity index (χ4n) is 2.27. The molecule has 1 aliphatic rings. The second kappa shape index (κ2) is 6.36. The van der Waals surface area contributed by atoms with Gasteiger partial charge in [-0.1, -0.05) is 13.8 Å². The summed E-state index contributed by atoms with van der Waals surface area (Å²) in [6.07, 6.45) is 3.89. The number of amides is 3. The van der Waals surface area contributed by atoms with Crippen LogP contribution in [0.15, 0.2) is 24.5 Å². The second-order valence-electron chi connectivity index (χ2n) is 5.30. The van der Waals surface area contributed by atoms with E-state index in [1.54, 1.807) is 29.4 Å². The van der Waals surface area contributed by atoms with Gasteiger partial charge in [0.1, 0.15) is 6.04 Å². The molecule has 2 N–H and O–H groups in total. The molecular formula is C14H20N4O2. The normalized spacial score (nSPS) is 18.9. The Balaban J connectivity index is 2.07. The number of nitrogens with zero attached hydrogens (tertiary/aromatic N) is 2. The first kappa shape index (κ1) is 14.3. The molecule has 1 aromatic rings. The third kappa shape index (κ3) is 3.46. The number of hydrogen-bond acceptors (Lipinski definition) is 3. The predicted molar refractivity (Wildman–Crippen MR) is 76.2 cm³/mol. The van der Waals surface area contributed by atoms with Crippen molar-refractivity contribution in [3.63, 3.8) is 0 Å². The monoisotopic (exact) mass is 276 g/mol. The Labute approximate surface area is 118 Å². The predicted octanol–water partition coefficient (Wildman–Crippen LogP) is 1.46. The lowest BCUT2D eigenvalue weighted by Crippen LogP contribution is -2.58. The van der Waals surface area contributed by atoms with Gasteiger partial charge in [-0.3, -0.25) is 9.78 Å². The van der Waals surface area contributed by atoms with E-state index in [0.717, 1.165) is 0 Å². The molecule has 1 aromatic heterocycles. The summed E-state index contributed by atoms with van der Waals surface area (Å²) in [7, 11) is 0. The fourth-order valence-corrected chi connectivity index (χ4v) is 2.27. The van der Waals surface area contributed by atoms with Crippen LogP contribution in [0.5, 0.6) is 0 Å². The van der Waals surface area contributed by atoms with E-state index in [1.807, 2.05) is 13.8 Å². The van der Waals surface area contributed by atoms with E-state index in [-0.39, 0.29) is 11.9 Å². The van der Waals surface area contributed by atoms with Crippen LogP contribution in [-0.2, 0) is 4.79 Å². The van der Waals surface area contributed by atoms with E-state index in [4.69, 9.17) is 0 Å². The van der Waals surface area contributed by atoms with Crippen LogP contribution < -0.4 is 10.6 Å². The zero-order chi connectivity index (χ0) is 14.5. The van der Waals surface area contributed by atoms with Crippen molar-refractivity contribution in [3.05, 3.63) is 24.5 Å². The van der Waals surface area contributed by atoms with Gasteiger partial charge in [0.15, 0.2) is 0 Å². The molecule has 108 valence electrons. The largest absolute Gasteiger partial charge is 0.353 e. The van der Waals surface area contributed by atoms with Crippen LogP contribution in [0, 0.1) is 5.92 Å². The smallest absolute Gasteiger partial charge is 0.322 e. The number of pyridine rings is 1. The molecule has 0 radical (unpaired) electrons. The zero-order valence-corrected chi connectivity index (χ0v) is 11.8. The molecule has 6 heteroatoms. The maximum absolute atomic E-state index is 12.3. The van der Waals surface area contributed by atoms with Crippen molar-refractivity contribution in [2.24, 2.45) is 5.92 Å². The van der Waals surface area contributed by atoms with Gasteiger partial charge in [0.05, 0.1) is 0 Å². The Morgan fingerprint density at radius 2 is 2.20 bits per heavy atom. The molecule has 1 aliphatic heterocycles. The van der Waals surface area contributed by atoms with Crippen LogP contribution in [0.25, 0.3) is 0 Å². The van der Waals surface area contributed by atoms with Gasteiger partial charge in [-0.2, -0.15) is 0 Å². The number of carbonyl (C=O) groups is 2. The molecule has 1 fully saturated rings. The van der Waals surface area contributed by atoms with Crippen LogP contribution in [0.2, 0.25) is 0 Å². The molecule has 0 unspecified atom stereocenters. The van der Waals surface area contributed by atoms with Crippen LogP contribution in [-0.4, -0.2) is 41.0 Å². The number of nitrogens with one attached hydrogen (secondary N) is 2. The molecule has 0 spiro atoms. The minimum absolute atomic E-state index is 0.0742. The Morgan fingerprint density at radius 1 is 1.50 bits per heavy atom. The lowest BCUT2D eigenvalue weighted by molar-refractivity contribution is -0.128. The molecule has 0 bridgehead atoms. The van der Waals surface area contributed by atoms with Gasteiger partial charge >= 0.3 is 6.03 Å². The summed E-state index contributed by atoms with van der Waals surface area (Å²) in [5.74, 6) is 0.273. The zero-order valence-electron chi connectivity index (χ0n) is 11.8. The molecule has 2 heterocycles. The van der Waals surface area contributed by atoms with Gasteiger partial charge in [0, 0.05) is 31.2 Å². The lowest BCUT2D eigenvalue weighted by atomic mass is 10.0. The molecule has 1 atom stereocenters. The maximum Gasteiger partial charge on any atom is 0.322 e. The Bertz CT molecular complexity index is 475. The van der Waals surface area contributed by atoms with Gasteiger partial charge in [-0.05, 0) is 24.5 Å². The summed E-state index contributed by atoms with van der Waals surface area (Å²) >= 11 is 0. The van der Waals surface area contributed by atoms with Gasteiger partial charge < -0.3 is 15.5 Å². The Kier molecular flexibility index (Phi) is 4.55. The molecular weight excluding hydrogens is 256 g/mol. The summed E-state index contributed by atoms with van der Waals surface area (Å²) in [6, 6.07) is 2.81. The van der Waals surface area contributed by atoms with E-state index >= 15 is 0 Å².